The van der Waals surface area contributed by atoms with Gasteiger partial charge in [-0.05, 0) is 55.0 Å². The van der Waals surface area contributed by atoms with Gasteiger partial charge in [-0.2, -0.15) is 0 Å². The van der Waals surface area contributed by atoms with Crippen LogP contribution in [0.2, 0.25) is 0 Å². The summed E-state index contributed by atoms with van der Waals surface area (Å²) in [7, 11) is -3.53. The zero-order chi connectivity index (χ0) is 17.0. The molecule has 0 aliphatic heterocycles. The third-order valence-electron chi connectivity index (χ3n) is 4.78. The summed E-state index contributed by atoms with van der Waals surface area (Å²) in [4.78, 5) is 4.35. The van der Waals surface area contributed by atoms with Crippen LogP contribution in [0.1, 0.15) is 62.1 Å². The molecule has 3 rings (SSSR count). The van der Waals surface area contributed by atoms with Crippen LogP contribution < -0.4 is 4.72 Å². The maximum absolute atomic E-state index is 12.6. The highest BCUT2D eigenvalue weighted by Crippen LogP contribution is 2.33. The average molecular weight is 344 g/mol. The van der Waals surface area contributed by atoms with Crippen molar-refractivity contribution in [2.45, 2.75) is 55.9 Å². The van der Waals surface area contributed by atoms with Gasteiger partial charge >= 0.3 is 0 Å². The van der Waals surface area contributed by atoms with E-state index in [2.05, 4.69) is 9.71 Å². The average Bonchev–Trinajstić information content (AvgIpc) is 2.63. The van der Waals surface area contributed by atoms with Crippen molar-refractivity contribution in [1.82, 2.24) is 9.71 Å². The van der Waals surface area contributed by atoms with Crippen molar-refractivity contribution in [2.24, 2.45) is 0 Å². The van der Waals surface area contributed by atoms with Crippen LogP contribution in [0.15, 0.2) is 53.7 Å². The van der Waals surface area contributed by atoms with Crippen molar-refractivity contribution in [3.05, 3.63) is 59.9 Å². The van der Waals surface area contributed by atoms with Crippen LogP contribution >= 0.6 is 0 Å². The first-order chi connectivity index (χ1) is 11.6. The third-order valence-corrected chi connectivity index (χ3v) is 6.34. The molecule has 128 valence electrons. The molecule has 0 bridgehead atoms. The molecule has 2 aromatic rings. The summed E-state index contributed by atoms with van der Waals surface area (Å²) in [6.45, 7) is 1.82. The lowest BCUT2D eigenvalue weighted by Crippen LogP contribution is -2.27. The molecule has 1 heterocycles. The first kappa shape index (κ1) is 17.1. The number of aromatic nitrogens is 1. The zero-order valence-corrected chi connectivity index (χ0v) is 14.8. The van der Waals surface area contributed by atoms with E-state index in [1.54, 1.807) is 30.6 Å². The van der Waals surface area contributed by atoms with Gasteiger partial charge in [0, 0.05) is 18.4 Å². The van der Waals surface area contributed by atoms with E-state index in [0.717, 1.165) is 5.56 Å². The number of hydrogen-bond acceptors (Lipinski definition) is 3. The second-order valence-corrected chi connectivity index (χ2v) is 8.25. The Kier molecular flexibility index (Phi) is 5.31. The zero-order valence-electron chi connectivity index (χ0n) is 14.0. The van der Waals surface area contributed by atoms with Crippen molar-refractivity contribution in [2.75, 3.05) is 0 Å². The lowest BCUT2D eigenvalue weighted by atomic mass is 9.84. The minimum atomic E-state index is -3.53. The van der Waals surface area contributed by atoms with Gasteiger partial charge in [0.05, 0.1) is 4.90 Å². The predicted octanol–water partition coefficient (Wildman–Crippen LogP) is 4.17. The lowest BCUT2D eigenvalue weighted by Gasteiger charge is -2.22. The molecule has 24 heavy (non-hydrogen) atoms. The fourth-order valence-corrected chi connectivity index (χ4v) is 4.59. The highest BCUT2D eigenvalue weighted by Gasteiger charge is 2.20. The molecule has 1 N–H and O–H groups in total. The summed E-state index contributed by atoms with van der Waals surface area (Å²) in [5.41, 5.74) is 2.11. The summed E-state index contributed by atoms with van der Waals surface area (Å²) >= 11 is 0. The van der Waals surface area contributed by atoms with Crippen molar-refractivity contribution in [3.63, 3.8) is 0 Å². The number of nitrogens with one attached hydrogen (secondary N) is 1. The number of benzene rings is 1. The van der Waals surface area contributed by atoms with Crippen LogP contribution in [0, 0.1) is 0 Å². The number of sulfonamides is 1. The van der Waals surface area contributed by atoms with Gasteiger partial charge in [0.15, 0.2) is 0 Å². The fraction of sp³-hybridized carbons (Fsp3) is 0.421. The summed E-state index contributed by atoms with van der Waals surface area (Å²) in [5.74, 6) is 0.581. The number of nitrogens with zero attached hydrogens (tertiary/aromatic N) is 1. The summed E-state index contributed by atoms with van der Waals surface area (Å²) in [5, 5.41) is 0. The topological polar surface area (TPSA) is 59.1 Å². The Morgan fingerprint density at radius 3 is 2.42 bits per heavy atom. The molecule has 1 aliphatic rings. The van der Waals surface area contributed by atoms with Crippen LogP contribution in [-0.2, 0) is 10.0 Å². The van der Waals surface area contributed by atoms with Gasteiger partial charge in [-0.25, -0.2) is 13.1 Å². The van der Waals surface area contributed by atoms with Crippen LogP contribution in [0.5, 0.6) is 0 Å². The smallest absolute Gasteiger partial charge is 0.241 e. The minimum Gasteiger partial charge on any atom is -0.264 e. The molecule has 0 spiro atoms. The first-order valence-corrected chi connectivity index (χ1v) is 10.1. The Labute approximate surface area is 144 Å². The third kappa shape index (κ3) is 4.02. The number of hydrogen-bond donors (Lipinski definition) is 1. The van der Waals surface area contributed by atoms with Crippen molar-refractivity contribution < 1.29 is 8.42 Å². The molecular formula is C19H24N2O2S. The van der Waals surface area contributed by atoms with E-state index in [4.69, 9.17) is 0 Å². The van der Waals surface area contributed by atoms with Crippen LogP contribution in [0.25, 0.3) is 0 Å². The Morgan fingerprint density at radius 2 is 1.79 bits per heavy atom. The monoisotopic (exact) mass is 344 g/mol. The molecule has 1 fully saturated rings. The van der Waals surface area contributed by atoms with Gasteiger partial charge in [-0.1, -0.05) is 37.5 Å². The molecule has 1 aliphatic carbocycles. The Bertz CT molecular complexity index is 752. The molecule has 0 amide bonds. The first-order valence-electron chi connectivity index (χ1n) is 8.58. The van der Waals surface area contributed by atoms with E-state index in [9.17, 15) is 8.42 Å². The van der Waals surface area contributed by atoms with E-state index >= 15 is 0 Å². The van der Waals surface area contributed by atoms with E-state index in [1.165, 1.54) is 37.7 Å². The van der Waals surface area contributed by atoms with Gasteiger partial charge in [0.25, 0.3) is 0 Å². The Balaban J connectivity index is 1.72. The molecular weight excluding hydrogens is 320 g/mol. The molecule has 1 atom stereocenters. The fourth-order valence-electron chi connectivity index (χ4n) is 3.36. The highest BCUT2D eigenvalue weighted by molar-refractivity contribution is 7.89. The van der Waals surface area contributed by atoms with Gasteiger partial charge in [0.1, 0.15) is 0 Å². The molecule has 0 saturated heterocycles. The van der Waals surface area contributed by atoms with Crippen molar-refractivity contribution in [1.29, 1.82) is 0 Å². The van der Waals surface area contributed by atoms with E-state index in [0.29, 0.717) is 10.8 Å². The van der Waals surface area contributed by atoms with E-state index in [-0.39, 0.29) is 6.04 Å². The normalized spacial score (nSPS) is 17.5. The molecule has 1 aromatic heterocycles. The van der Waals surface area contributed by atoms with Crippen molar-refractivity contribution >= 4 is 10.0 Å². The summed E-state index contributed by atoms with van der Waals surface area (Å²) in [6, 6.07) is 10.7. The predicted molar refractivity (Wildman–Crippen MR) is 95.2 cm³/mol. The maximum atomic E-state index is 12.6. The molecule has 0 unspecified atom stereocenters. The Morgan fingerprint density at radius 1 is 1.08 bits per heavy atom. The van der Waals surface area contributed by atoms with E-state index in [1.807, 2.05) is 25.1 Å². The second kappa shape index (κ2) is 7.45. The Hall–Kier alpha value is -1.72. The largest absolute Gasteiger partial charge is 0.264 e. The lowest BCUT2D eigenvalue weighted by molar-refractivity contribution is 0.443. The molecule has 5 heteroatoms. The quantitative estimate of drug-likeness (QED) is 0.885. The van der Waals surface area contributed by atoms with Gasteiger partial charge in [0.2, 0.25) is 10.0 Å². The van der Waals surface area contributed by atoms with E-state index < -0.39 is 10.0 Å². The van der Waals surface area contributed by atoms with Crippen molar-refractivity contribution in [3.8, 4) is 0 Å². The minimum absolute atomic E-state index is 0.317. The second-order valence-electron chi connectivity index (χ2n) is 6.53. The molecule has 0 radical (unpaired) electrons. The standard InChI is InChI=1S/C19H24N2O2S/c1-15(18-8-5-13-20-14-18)21-24(22,23)19-11-9-17(10-12-19)16-6-3-2-4-7-16/h5,8-16,21H,2-4,6-7H2,1H3/t15-/m0/s1. The van der Waals surface area contributed by atoms with Crippen LogP contribution in [0.3, 0.4) is 0 Å². The highest BCUT2D eigenvalue weighted by atomic mass is 32.2. The van der Waals surface area contributed by atoms with Gasteiger partial charge < -0.3 is 0 Å². The molecule has 1 aromatic carbocycles. The SMILES string of the molecule is C[C@H](NS(=O)(=O)c1ccc(C2CCCCC2)cc1)c1cccnc1. The van der Waals surface area contributed by atoms with Crippen LogP contribution in [0.4, 0.5) is 0 Å². The number of pyridine rings is 1. The summed E-state index contributed by atoms with van der Waals surface area (Å²) < 4.78 is 27.9. The van der Waals surface area contributed by atoms with Gasteiger partial charge in [-0.15, -0.1) is 0 Å². The maximum Gasteiger partial charge on any atom is 0.241 e. The van der Waals surface area contributed by atoms with Gasteiger partial charge in [-0.3, -0.25) is 4.98 Å². The molecule has 4 nitrogen and oxygen atoms in total. The summed E-state index contributed by atoms with van der Waals surface area (Å²) in [6.07, 6.45) is 9.64. The van der Waals surface area contributed by atoms with Crippen LogP contribution in [-0.4, -0.2) is 13.4 Å². The number of rotatable bonds is 5. The molecule has 1 saturated carbocycles.